The summed E-state index contributed by atoms with van der Waals surface area (Å²) in [6.45, 7) is 0. The summed E-state index contributed by atoms with van der Waals surface area (Å²) in [4.78, 5) is 2.38. The first kappa shape index (κ1) is 35.6. The molecule has 0 aliphatic rings. The second-order valence-corrected chi connectivity index (χ2v) is 16.4. The van der Waals surface area contributed by atoms with E-state index < -0.39 is 0 Å². The number of thiophene rings is 1. The van der Waals surface area contributed by atoms with Crippen molar-refractivity contribution >= 4 is 59.3 Å². The van der Waals surface area contributed by atoms with Gasteiger partial charge in [-0.25, -0.2) is 0 Å². The molecule has 0 amide bonds. The van der Waals surface area contributed by atoms with E-state index in [9.17, 15) is 0 Å². The van der Waals surface area contributed by atoms with Gasteiger partial charge in [0.25, 0.3) is 0 Å². The molecule has 0 atom stereocenters. The molecule has 1 aromatic heterocycles. The molecule has 11 aromatic rings. The molecule has 10 aromatic carbocycles. The summed E-state index contributed by atoms with van der Waals surface area (Å²) in [6, 6.07) is 86.2. The molecular weight excluding hydrogens is 743 g/mol. The number of hydrogen-bond donors (Lipinski definition) is 0. The summed E-state index contributed by atoms with van der Waals surface area (Å²) in [7, 11) is 0. The fraction of sp³-hybridized carbons (Fsp3) is 0. The number of nitrogens with zero attached hydrogens (tertiary/aromatic N) is 1. The van der Waals surface area contributed by atoms with Gasteiger partial charge in [0.1, 0.15) is 0 Å². The molecule has 0 unspecified atom stereocenters. The van der Waals surface area contributed by atoms with Crippen LogP contribution in [0.1, 0.15) is 0 Å². The maximum atomic E-state index is 2.38. The van der Waals surface area contributed by atoms with E-state index in [4.69, 9.17) is 0 Å². The van der Waals surface area contributed by atoms with Crippen LogP contribution in [0.3, 0.4) is 0 Å². The molecule has 282 valence electrons. The van der Waals surface area contributed by atoms with E-state index in [1.165, 1.54) is 86.6 Å². The predicted molar refractivity (Wildman–Crippen MR) is 259 cm³/mol. The Bertz CT molecular complexity index is 3230. The molecule has 0 saturated carbocycles. The molecule has 60 heavy (non-hydrogen) atoms. The topological polar surface area (TPSA) is 3.24 Å². The van der Waals surface area contributed by atoms with Gasteiger partial charge in [0.2, 0.25) is 0 Å². The Morgan fingerprint density at radius 2 is 0.733 bits per heavy atom. The van der Waals surface area contributed by atoms with Crippen LogP contribution in [0.5, 0.6) is 0 Å². The van der Waals surface area contributed by atoms with Crippen molar-refractivity contribution in [1.82, 2.24) is 0 Å². The van der Waals surface area contributed by atoms with E-state index in [0.717, 1.165) is 17.1 Å². The summed E-state index contributed by atoms with van der Waals surface area (Å²) in [6.07, 6.45) is 0. The van der Waals surface area contributed by atoms with Gasteiger partial charge in [-0.3, -0.25) is 0 Å². The van der Waals surface area contributed by atoms with Crippen molar-refractivity contribution in [1.29, 1.82) is 0 Å². The molecule has 11 rings (SSSR count). The van der Waals surface area contributed by atoms with E-state index in [2.05, 4.69) is 241 Å². The first-order chi connectivity index (χ1) is 29.7. The summed E-state index contributed by atoms with van der Waals surface area (Å²) in [5, 5.41) is 5.14. The van der Waals surface area contributed by atoms with Crippen molar-refractivity contribution in [2.45, 2.75) is 0 Å². The molecule has 2 heteroatoms. The fourth-order valence-electron chi connectivity index (χ4n) is 8.64. The number of fused-ring (bicyclic) bond motifs is 4. The standard InChI is InChI=1S/C58H39NS/c1-3-13-40(14-4-1)47-35-48(41-15-5-2-6-16-41)37-49(36-47)43-27-32-51(33-28-43)59(52-20-11-19-46(38-52)54-23-12-18-44-17-7-8-21-53(44)54)50-30-25-42(26-31-50)45-29-34-56-55-22-9-10-24-57(55)60-58(56)39-45/h1-39H. The minimum atomic E-state index is 1.09. The fourth-order valence-corrected chi connectivity index (χ4v) is 9.78. The smallest absolute Gasteiger partial charge is 0.0467 e. The minimum absolute atomic E-state index is 1.09. The Hall–Kier alpha value is -7.52. The first-order valence-electron chi connectivity index (χ1n) is 20.5. The van der Waals surface area contributed by atoms with Crippen molar-refractivity contribution < 1.29 is 0 Å². The van der Waals surface area contributed by atoms with Crippen LogP contribution in [0.4, 0.5) is 17.1 Å². The second-order valence-electron chi connectivity index (χ2n) is 15.3. The van der Waals surface area contributed by atoms with Gasteiger partial charge in [-0.15, -0.1) is 11.3 Å². The Morgan fingerprint density at radius 3 is 1.40 bits per heavy atom. The molecule has 0 bridgehead atoms. The first-order valence-corrected chi connectivity index (χ1v) is 21.3. The largest absolute Gasteiger partial charge is 0.310 e. The van der Waals surface area contributed by atoms with Gasteiger partial charge in [-0.05, 0) is 133 Å². The summed E-state index contributed by atoms with van der Waals surface area (Å²) >= 11 is 1.86. The van der Waals surface area contributed by atoms with E-state index in [0.29, 0.717) is 0 Å². The average Bonchev–Trinajstić information content (AvgIpc) is 3.70. The van der Waals surface area contributed by atoms with Crippen molar-refractivity contribution in [2.24, 2.45) is 0 Å². The molecule has 0 fully saturated rings. The molecule has 0 aliphatic heterocycles. The molecule has 0 radical (unpaired) electrons. The lowest BCUT2D eigenvalue weighted by molar-refractivity contribution is 1.28. The normalized spacial score (nSPS) is 11.3. The highest BCUT2D eigenvalue weighted by atomic mass is 32.1. The van der Waals surface area contributed by atoms with Crippen molar-refractivity contribution in [3.05, 3.63) is 237 Å². The van der Waals surface area contributed by atoms with Gasteiger partial charge in [-0.1, -0.05) is 170 Å². The van der Waals surface area contributed by atoms with Crippen molar-refractivity contribution in [3.8, 4) is 55.6 Å². The number of benzene rings is 10. The van der Waals surface area contributed by atoms with Crippen LogP contribution in [-0.4, -0.2) is 0 Å². The van der Waals surface area contributed by atoms with Crippen molar-refractivity contribution in [3.63, 3.8) is 0 Å². The highest BCUT2D eigenvalue weighted by molar-refractivity contribution is 7.25. The lowest BCUT2D eigenvalue weighted by Crippen LogP contribution is -2.10. The minimum Gasteiger partial charge on any atom is -0.310 e. The average molecular weight is 782 g/mol. The van der Waals surface area contributed by atoms with Gasteiger partial charge in [-0.2, -0.15) is 0 Å². The second kappa shape index (κ2) is 15.3. The maximum Gasteiger partial charge on any atom is 0.0467 e. The van der Waals surface area contributed by atoms with Gasteiger partial charge in [0.15, 0.2) is 0 Å². The third-order valence-electron chi connectivity index (χ3n) is 11.6. The SMILES string of the molecule is c1ccc(-c2cc(-c3ccccc3)cc(-c3ccc(N(c4ccc(-c5ccc6c(c5)sc5ccccc56)cc4)c4cccc(-c5cccc6ccccc56)c4)cc3)c2)cc1. The molecule has 0 spiro atoms. The van der Waals surface area contributed by atoms with E-state index in [-0.39, 0.29) is 0 Å². The molecule has 0 aliphatic carbocycles. The van der Waals surface area contributed by atoms with Gasteiger partial charge >= 0.3 is 0 Å². The molecule has 1 heterocycles. The van der Waals surface area contributed by atoms with Gasteiger partial charge in [0, 0.05) is 37.2 Å². The molecule has 0 saturated heterocycles. The van der Waals surface area contributed by atoms with Crippen molar-refractivity contribution in [2.75, 3.05) is 4.90 Å². The number of anilines is 3. The van der Waals surface area contributed by atoms with Gasteiger partial charge in [0.05, 0.1) is 0 Å². The summed E-state index contributed by atoms with van der Waals surface area (Å²) in [5.74, 6) is 0. The zero-order valence-corrected chi connectivity index (χ0v) is 33.7. The molecule has 0 N–H and O–H groups in total. The Morgan fingerprint density at radius 1 is 0.250 bits per heavy atom. The van der Waals surface area contributed by atoms with E-state index in [1.807, 2.05) is 11.3 Å². The van der Waals surface area contributed by atoms with Crippen LogP contribution in [0, 0.1) is 0 Å². The third-order valence-corrected chi connectivity index (χ3v) is 12.8. The lowest BCUT2D eigenvalue weighted by Gasteiger charge is -2.26. The third kappa shape index (κ3) is 6.73. The number of rotatable bonds is 8. The van der Waals surface area contributed by atoms with Crippen LogP contribution in [0.25, 0.3) is 86.6 Å². The predicted octanol–water partition coefficient (Wildman–Crippen LogP) is 17.0. The molecule has 1 nitrogen and oxygen atoms in total. The van der Waals surface area contributed by atoms with E-state index >= 15 is 0 Å². The van der Waals surface area contributed by atoms with Crippen LogP contribution in [0.15, 0.2) is 237 Å². The zero-order valence-electron chi connectivity index (χ0n) is 32.9. The zero-order chi connectivity index (χ0) is 39.8. The van der Waals surface area contributed by atoms with Crippen LogP contribution in [0.2, 0.25) is 0 Å². The summed E-state index contributed by atoms with van der Waals surface area (Å²) in [5.41, 5.74) is 15.3. The Balaban J connectivity index is 1.00. The lowest BCUT2D eigenvalue weighted by atomic mass is 9.93. The summed E-state index contributed by atoms with van der Waals surface area (Å²) < 4.78 is 2.64. The van der Waals surface area contributed by atoms with E-state index in [1.54, 1.807) is 0 Å². The quantitative estimate of drug-likeness (QED) is 0.148. The van der Waals surface area contributed by atoms with Crippen LogP contribution < -0.4 is 4.90 Å². The highest BCUT2D eigenvalue weighted by Crippen LogP contribution is 2.41. The highest BCUT2D eigenvalue weighted by Gasteiger charge is 2.16. The number of hydrogen-bond acceptors (Lipinski definition) is 2. The monoisotopic (exact) mass is 781 g/mol. The Kier molecular flexibility index (Phi) is 9.11. The Labute approximate surface area is 354 Å². The molecular formula is C58H39NS. The van der Waals surface area contributed by atoms with Gasteiger partial charge < -0.3 is 4.90 Å². The van der Waals surface area contributed by atoms with Crippen LogP contribution in [-0.2, 0) is 0 Å². The van der Waals surface area contributed by atoms with Crippen LogP contribution >= 0.6 is 11.3 Å². The maximum absolute atomic E-state index is 2.38.